The molecule has 0 radical (unpaired) electrons. The lowest BCUT2D eigenvalue weighted by Gasteiger charge is -2.42. The number of aliphatic hydroxyl groups is 1. The highest BCUT2D eigenvalue weighted by Gasteiger charge is 2.35. The zero-order chi connectivity index (χ0) is 11.5. The van der Waals surface area contributed by atoms with Crippen LogP contribution in [0.1, 0.15) is 66.2 Å². The molecule has 1 rings (SSSR count). The first-order valence-electron chi connectivity index (χ1n) is 6.66. The predicted molar refractivity (Wildman–Crippen MR) is 65.8 cm³/mol. The zero-order valence-electron chi connectivity index (χ0n) is 10.9. The van der Waals surface area contributed by atoms with Crippen molar-refractivity contribution in [3.05, 3.63) is 0 Å². The van der Waals surface area contributed by atoms with Gasteiger partial charge >= 0.3 is 0 Å². The molecule has 1 fully saturated rings. The van der Waals surface area contributed by atoms with Gasteiger partial charge in [-0.15, -0.1) is 0 Å². The Morgan fingerprint density at radius 3 is 2.60 bits per heavy atom. The van der Waals surface area contributed by atoms with Gasteiger partial charge in [0.2, 0.25) is 0 Å². The predicted octanol–water partition coefficient (Wildman–Crippen LogP) is 4.00. The van der Waals surface area contributed by atoms with Crippen molar-refractivity contribution in [1.29, 1.82) is 0 Å². The smallest absolute Gasteiger partial charge is 0.0537 e. The van der Waals surface area contributed by atoms with E-state index in [-0.39, 0.29) is 6.10 Å². The maximum absolute atomic E-state index is 9.64. The van der Waals surface area contributed by atoms with Gasteiger partial charge in [0.15, 0.2) is 0 Å². The van der Waals surface area contributed by atoms with Gasteiger partial charge < -0.3 is 5.11 Å². The van der Waals surface area contributed by atoms with Crippen molar-refractivity contribution in [2.24, 2.45) is 17.3 Å². The summed E-state index contributed by atoms with van der Waals surface area (Å²) in [6, 6.07) is 0. The Labute approximate surface area is 95.3 Å². The third kappa shape index (κ3) is 3.48. The molecular weight excluding hydrogens is 184 g/mol. The number of rotatable bonds is 4. The van der Waals surface area contributed by atoms with Gasteiger partial charge in [-0.3, -0.25) is 0 Å². The van der Waals surface area contributed by atoms with Crippen LogP contribution in [0.25, 0.3) is 0 Å². The van der Waals surface area contributed by atoms with Crippen molar-refractivity contribution >= 4 is 0 Å². The second-order valence-corrected chi connectivity index (χ2v) is 6.04. The van der Waals surface area contributed by atoms with Crippen LogP contribution in [0.5, 0.6) is 0 Å². The molecule has 4 atom stereocenters. The van der Waals surface area contributed by atoms with Gasteiger partial charge in [0.1, 0.15) is 0 Å². The standard InChI is InChI=1S/C14H28O/c1-5-13(15)7-9-14(4)8-6-11(2)10-12(14)3/h11-13,15H,5-10H2,1-4H3/t11-,12-,13+,14+/m1/s1. The molecule has 0 aromatic heterocycles. The van der Waals surface area contributed by atoms with Gasteiger partial charge in [-0.25, -0.2) is 0 Å². The van der Waals surface area contributed by atoms with Crippen LogP contribution < -0.4 is 0 Å². The molecule has 0 saturated heterocycles. The Kier molecular flexibility index (Phi) is 4.64. The Bertz CT molecular complexity index is 190. The summed E-state index contributed by atoms with van der Waals surface area (Å²) in [6.45, 7) is 9.26. The van der Waals surface area contributed by atoms with Crippen LogP contribution >= 0.6 is 0 Å². The van der Waals surface area contributed by atoms with Crippen molar-refractivity contribution in [3.63, 3.8) is 0 Å². The molecule has 0 aromatic rings. The van der Waals surface area contributed by atoms with Crippen molar-refractivity contribution in [1.82, 2.24) is 0 Å². The fourth-order valence-corrected chi connectivity index (χ4v) is 2.90. The van der Waals surface area contributed by atoms with E-state index in [0.29, 0.717) is 5.41 Å². The molecule has 1 N–H and O–H groups in total. The molecule has 0 aliphatic heterocycles. The molecule has 15 heavy (non-hydrogen) atoms. The minimum absolute atomic E-state index is 0.0756. The highest BCUT2D eigenvalue weighted by Crippen LogP contribution is 2.46. The fraction of sp³-hybridized carbons (Fsp3) is 1.00. The first-order chi connectivity index (χ1) is 6.98. The van der Waals surface area contributed by atoms with Gasteiger partial charge in [0, 0.05) is 0 Å². The van der Waals surface area contributed by atoms with Crippen LogP contribution in [0.3, 0.4) is 0 Å². The largest absolute Gasteiger partial charge is 0.393 e. The van der Waals surface area contributed by atoms with Crippen LogP contribution in [-0.4, -0.2) is 11.2 Å². The van der Waals surface area contributed by atoms with E-state index in [2.05, 4.69) is 27.7 Å². The maximum Gasteiger partial charge on any atom is 0.0537 e. The highest BCUT2D eigenvalue weighted by atomic mass is 16.3. The van der Waals surface area contributed by atoms with E-state index < -0.39 is 0 Å². The van der Waals surface area contributed by atoms with Gasteiger partial charge in [-0.2, -0.15) is 0 Å². The van der Waals surface area contributed by atoms with Crippen molar-refractivity contribution in [2.45, 2.75) is 72.3 Å². The molecule has 1 nitrogen and oxygen atoms in total. The monoisotopic (exact) mass is 212 g/mol. The quantitative estimate of drug-likeness (QED) is 0.747. The minimum Gasteiger partial charge on any atom is -0.393 e. The van der Waals surface area contributed by atoms with Crippen LogP contribution in [-0.2, 0) is 0 Å². The van der Waals surface area contributed by atoms with Crippen LogP contribution in [0.15, 0.2) is 0 Å². The number of hydrogen-bond acceptors (Lipinski definition) is 1. The van der Waals surface area contributed by atoms with E-state index in [9.17, 15) is 5.11 Å². The molecule has 0 amide bonds. The third-order valence-electron chi connectivity index (χ3n) is 4.67. The molecule has 0 unspecified atom stereocenters. The minimum atomic E-state index is -0.0756. The van der Waals surface area contributed by atoms with Gasteiger partial charge in [-0.1, -0.05) is 34.1 Å². The van der Waals surface area contributed by atoms with Gasteiger partial charge in [0.25, 0.3) is 0 Å². The second kappa shape index (κ2) is 5.34. The summed E-state index contributed by atoms with van der Waals surface area (Å²) in [5, 5.41) is 9.64. The molecule has 1 heteroatoms. The third-order valence-corrected chi connectivity index (χ3v) is 4.67. The van der Waals surface area contributed by atoms with Crippen molar-refractivity contribution < 1.29 is 5.11 Å². The lowest BCUT2D eigenvalue weighted by molar-refractivity contribution is 0.0621. The summed E-state index contributed by atoms with van der Waals surface area (Å²) in [7, 11) is 0. The average molecular weight is 212 g/mol. The highest BCUT2D eigenvalue weighted by molar-refractivity contribution is 4.86. The molecule has 1 saturated carbocycles. The Balaban J connectivity index is 2.43. The molecule has 90 valence electrons. The SMILES string of the molecule is CC[C@H](O)CC[C@]1(C)CC[C@@H](C)C[C@H]1C. The summed E-state index contributed by atoms with van der Waals surface area (Å²) in [6.07, 6.45) is 7.13. The normalized spacial score (nSPS) is 39.0. The summed E-state index contributed by atoms with van der Waals surface area (Å²) >= 11 is 0. The molecule has 0 bridgehead atoms. The first-order valence-corrected chi connectivity index (χ1v) is 6.66. The summed E-state index contributed by atoms with van der Waals surface area (Å²) in [4.78, 5) is 0. The zero-order valence-corrected chi connectivity index (χ0v) is 10.9. The van der Waals surface area contributed by atoms with E-state index in [1.54, 1.807) is 0 Å². The average Bonchev–Trinajstić information content (AvgIpc) is 2.21. The molecule has 0 heterocycles. The van der Waals surface area contributed by atoms with E-state index in [0.717, 1.165) is 24.7 Å². The summed E-state index contributed by atoms with van der Waals surface area (Å²) in [5.74, 6) is 1.73. The molecule has 0 spiro atoms. The molecule has 1 aliphatic carbocycles. The van der Waals surface area contributed by atoms with Crippen LogP contribution in [0, 0.1) is 17.3 Å². The Hall–Kier alpha value is -0.0400. The maximum atomic E-state index is 9.64. The molecule has 1 aliphatic rings. The number of aliphatic hydroxyl groups excluding tert-OH is 1. The molecule has 0 aromatic carbocycles. The Morgan fingerprint density at radius 2 is 2.07 bits per heavy atom. The fourth-order valence-electron chi connectivity index (χ4n) is 2.90. The lowest BCUT2D eigenvalue weighted by atomic mass is 9.63. The van der Waals surface area contributed by atoms with E-state index in [4.69, 9.17) is 0 Å². The molecular formula is C14H28O. The second-order valence-electron chi connectivity index (χ2n) is 6.04. The van der Waals surface area contributed by atoms with Gasteiger partial charge in [-0.05, 0) is 49.4 Å². The van der Waals surface area contributed by atoms with Crippen molar-refractivity contribution in [2.75, 3.05) is 0 Å². The Morgan fingerprint density at radius 1 is 1.40 bits per heavy atom. The van der Waals surface area contributed by atoms with Crippen LogP contribution in [0.2, 0.25) is 0 Å². The lowest BCUT2D eigenvalue weighted by Crippen LogP contribution is -2.32. The number of hydrogen-bond donors (Lipinski definition) is 1. The van der Waals surface area contributed by atoms with Crippen molar-refractivity contribution in [3.8, 4) is 0 Å². The summed E-state index contributed by atoms with van der Waals surface area (Å²) in [5.41, 5.74) is 0.489. The van der Waals surface area contributed by atoms with Gasteiger partial charge in [0.05, 0.1) is 6.10 Å². The van der Waals surface area contributed by atoms with E-state index in [1.807, 2.05) is 0 Å². The van der Waals surface area contributed by atoms with E-state index >= 15 is 0 Å². The summed E-state index contributed by atoms with van der Waals surface area (Å²) < 4.78 is 0. The topological polar surface area (TPSA) is 20.2 Å². The van der Waals surface area contributed by atoms with Crippen LogP contribution in [0.4, 0.5) is 0 Å². The first kappa shape index (κ1) is 13.0. The van der Waals surface area contributed by atoms with E-state index in [1.165, 1.54) is 25.7 Å².